The summed E-state index contributed by atoms with van der Waals surface area (Å²) in [7, 11) is -0.748. The van der Waals surface area contributed by atoms with Gasteiger partial charge >= 0.3 is 8.69 Å². The molecular weight excluding hydrogens is 125 g/mol. The maximum absolute atomic E-state index is 9.65. The molecule has 0 amide bonds. The highest BCUT2D eigenvalue weighted by molar-refractivity contribution is 7.17. The summed E-state index contributed by atoms with van der Waals surface area (Å²) in [5.74, 6) is -0.156. The van der Waals surface area contributed by atoms with Crippen molar-refractivity contribution in [1.82, 2.24) is 0 Å². The van der Waals surface area contributed by atoms with Crippen LogP contribution < -0.4 is 0 Å². The van der Waals surface area contributed by atoms with Gasteiger partial charge in [-0.1, -0.05) is 0 Å². The first-order chi connectivity index (χ1) is 3.81. The van der Waals surface area contributed by atoms with E-state index in [9.17, 15) is 4.57 Å². The molecule has 0 heterocycles. The molecule has 0 aromatic heterocycles. The predicted molar refractivity (Wildman–Crippen MR) is 29.7 cm³/mol. The number of rotatable bonds is 3. The average Bonchev–Trinajstić information content (AvgIpc) is 1.83. The smallest absolute Gasteiger partial charge is 0.198 e. The van der Waals surface area contributed by atoms with Gasteiger partial charge in [0.2, 0.25) is 0 Å². The van der Waals surface area contributed by atoms with Crippen LogP contribution >= 0.6 is 8.69 Å². The maximum Gasteiger partial charge on any atom is 0.494 e. The Hall–Kier alpha value is -0.450. The Bertz CT molecular complexity index is 109. The lowest BCUT2D eigenvalue weighted by molar-refractivity contribution is 0.312. The van der Waals surface area contributed by atoms with E-state index >= 15 is 0 Å². The van der Waals surface area contributed by atoms with Gasteiger partial charge in [0.05, 0.1) is 12.0 Å². The third-order valence-electron chi connectivity index (χ3n) is 0.613. The molecule has 4 heteroatoms. The quantitative estimate of drug-likeness (QED) is 0.540. The van der Waals surface area contributed by atoms with Crippen molar-refractivity contribution in [3.8, 4) is 6.07 Å². The lowest BCUT2D eigenvalue weighted by atomic mass is 10.2. The van der Waals surface area contributed by atoms with Crippen molar-refractivity contribution < 1.29 is 9.09 Å². The van der Waals surface area contributed by atoms with Crippen molar-refractivity contribution in [2.45, 2.75) is 6.92 Å². The molecular formula is C4H7NO2P+. The Morgan fingerprint density at radius 3 is 3.00 bits per heavy atom. The SMILES string of the molecule is CC(C#N)CO[PH+]=O. The lowest BCUT2D eigenvalue weighted by Crippen LogP contribution is -1.96. The summed E-state index contributed by atoms with van der Waals surface area (Å²) in [6.45, 7) is 1.97. The Morgan fingerprint density at radius 1 is 2.00 bits per heavy atom. The Morgan fingerprint density at radius 2 is 2.62 bits per heavy atom. The van der Waals surface area contributed by atoms with Gasteiger partial charge in [-0.15, -0.1) is 4.52 Å². The van der Waals surface area contributed by atoms with Gasteiger partial charge in [0, 0.05) is 0 Å². The zero-order chi connectivity index (χ0) is 6.41. The highest BCUT2D eigenvalue weighted by Crippen LogP contribution is 1.99. The topological polar surface area (TPSA) is 50.1 Å². The molecule has 0 rings (SSSR count). The van der Waals surface area contributed by atoms with E-state index < -0.39 is 8.69 Å². The zero-order valence-electron chi connectivity index (χ0n) is 4.55. The molecule has 0 spiro atoms. The van der Waals surface area contributed by atoms with E-state index in [1.807, 2.05) is 6.07 Å². The molecule has 0 aromatic rings. The molecule has 8 heavy (non-hydrogen) atoms. The van der Waals surface area contributed by atoms with Gasteiger partial charge in [-0.05, 0) is 11.5 Å². The summed E-state index contributed by atoms with van der Waals surface area (Å²) in [5, 5.41) is 8.13. The summed E-state index contributed by atoms with van der Waals surface area (Å²) in [5.41, 5.74) is 0. The molecule has 0 bridgehead atoms. The third kappa shape index (κ3) is 3.73. The lowest BCUT2D eigenvalue weighted by Gasteiger charge is -1.88. The van der Waals surface area contributed by atoms with Crippen LogP contribution in [0.3, 0.4) is 0 Å². The minimum absolute atomic E-state index is 0.156. The van der Waals surface area contributed by atoms with Crippen LogP contribution in [-0.4, -0.2) is 6.61 Å². The Kier molecular flexibility index (Phi) is 4.44. The first kappa shape index (κ1) is 7.55. The Balaban J connectivity index is 3.14. The number of hydrogen-bond acceptors (Lipinski definition) is 3. The maximum atomic E-state index is 9.65. The monoisotopic (exact) mass is 132 g/mol. The molecule has 2 unspecified atom stereocenters. The van der Waals surface area contributed by atoms with Gasteiger partial charge in [0.1, 0.15) is 6.61 Å². The van der Waals surface area contributed by atoms with E-state index in [0.717, 1.165) is 0 Å². The molecule has 2 atom stereocenters. The second-order valence-electron chi connectivity index (χ2n) is 1.42. The van der Waals surface area contributed by atoms with Crippen LogP contribution in [0.4, 0.5) is 0 Å². The zero-order valence-corrected chi connectivity index (χ0v) is 5.55. The van der Waals surface area contributed by atoms with Crippen molar-refractivity contribution >= 4 is 8.69 Å². The summed E-state index contributed by atoms with van der Waals surface area (Å²) in [6, 6.07) is 1.94. The van der Waals surface area contributed by atoms with E-state index in [4.69, 9.17) is 5.26 Å². The fraction of sp³-hybridized carbons (Fsp3) is 0.750. The second-order valence-corrected chi connectivity index (χ2v) is 1.88. The number of hydrogen-bond donors (Lipinski definition) is 0. The van der Waals surface area contributed by atoms with Gasteiger partial charge in [-0.25, -0.2) is 0 Å². The first-order valence-corrected chi connectivity index (χ1v) is 3.01. The molecule has 0 aliphatic carbocycles. The van der Waals surface area contributed by atoms with Gasteiger partial charge < -0.3 is 0 Å². The predicted octanol–water partition coefficient (Wildman–Crippen LogP) is 1.10. The third-order valence-corrected chi connectivity index (χ3v) is 0.897. The van der Waals surface area contributed by atoms with E-state index in [-0.39, 0.29) is 12.5 Å². The molecule has 0 saturated carbocycles. The van der Waals surface area contributed by atoms with Crippen molar-refractivity contribution in [1.29, 1.82) is 5.26 Å². The molecule has 0 radical (unpaired) electrons. The van der Waals surface area contributed by atoms with Gasteiger partial charge in [-0.3, -0.25) is 0 Å². The molecule has 0 aromatic carbocycles. The minimum atomic E-state index is -0.748. The van der Waals surface area contributed by atoms with Crippen LogP contribution in [-0.2, 0) is 9.09 Å². The second kappa shape index (κ2) is 4.70. The van der Waals surface area contributed by atoms with E-state index in [0.29, 0.717) is 0 Å². The molecule has 0 saturated heterocycles. The summed E-state index contributed by atoms with van der Waals surface area (Å²) < 4.78 is 14.1. The van der Waals surface area contributed by atoms with Gasteiger partial charge in [-0.2, -0.15) is 5.26 Å². The van der Waals surface area contributed by atoms with Crippen LogP contribution in [0.1, 0.15) is 6.92 Å². The summed E-state index contributed by atoms with van der Waals surface area (Å²) in [6.07, 6.45) is 0. The van der Waals surface area contributed by atoms with Crippen LogP contribution in [0.15, 0.2) is 0 Å². The fourth-order valence-electron chi connectivity index (χ4n) is 0.196. The largest absolute Gasteiger partial charge is 0.494 e. The molecule has 44 valence electrons. The van der Waals surface area contributed by atoms with Crippen LogP contribution in [0, 0.1) is 17.2 Å². The van der Waals surface area contributed by atoms with Crippen molar-refractivity contribution in [2.24, 2.45) is 5.92 Å². The molecule has 3 nitrogen and oxygen atoms in total. The standard InChI is InChI=1S/C4H7NO2P/c1-4(2-5)3-7-8-6/h4,8H,3H2,1H3/q+1. The highest BCUT2D eigenvalue weighted by atomic mass is 31.1. The molecule has 0 N–H and O–H groups in total. The molecule has 0 aliphatic heterocycles. The average molecular weight is 132 g/mol. The number of nitrogens with zero attached hydrogens (tertiary/aromatic N) is 1. The van der Waals surface area contributed by atoms with E-state index in [2.05, 4.69) is 4.52 Å². The van der Waals surface area contributed by atoms with Crippen molar-refractivity contribution in [3.05, 3.63) is 0 Å². The molecule has 0 fully saturated rings. The van der Waals surface area contributed by atoms with E-state index in [1.54, 1.807) is 6.92 Å². The van der Waals surface area contributed by atoms with Crippen molar-refractivity contribution in [2.75, 3.05) is 6.61 Å². The van der Waals surface area contributed by atoms with Crippen LogP contribution in [0.2, 0.25) is 0 Å². The highest BCUT2D eigenvalue weighted by Gasteiger charge is 2.00. The summed E-state index contributed by atoms with van der Waals surface area (Å²) >= 11 is 0. The van der Waals surface area contributed by atoms with Gasteiger partial charge in [0.25, 0.3) is 0 Å². The van der Waals surface area contributed by atoms with Gasteiger partial charge in [0.15, 0.2) is 0 Å². The number of nitriles is 1. The summed E-state index contributed by atoms with van der Waals surface area (Å²) in [4.78, 5) is 0. The first-order valence-electron chi connectivity index (χ1n) is 2.19. The Labute approximate surface area is 49.5 Å². The van der Waals surface area contributed by atoms with Crippen LogP contribution in [0.25, 0.3) is 0 Å². The molecule has 0 aliphatic rings. The normalized spacial score (nSPS) is 13.0. The fourth-order valence-corrected chi connectivity index (χ4v) is 0.514. The minimum Gasteiger partial charge on any atom is -0.198 e. The van der Waals surface area contributed by atoms with E-state index in [1.165, 1.54) is 0 Å². The van der Waals surface area contributed by atoms with Crippen LogP contribution in [0.5, 0.6) is 0 Å². The van der Waals surface area contributed by atoms with Crippen molar-refractivity contribution in [3.63, 3.8) is 0 Å².